The third-order valence-corrected chi connectivity index (χ3v) is 21.3. The van der Waals surface area contributed by atoms with Crippen LogP contribution in [0.1, 0.15) is 140 Å². The summed E-state index contributed by atoms with van der Waals surface area (Å²) in [6, 6.07) is 11.2. The minimum absolute atomic E-state index is 0.0457. The molecular formula is C66H91FN10O6. The van der Waals surface area contributed by atoms with Crippen molar-refractivity contribution in [2.24, 2.45) is 27.7 Å². The summed E-state index contributed by atoms with van der Waals surface area (Å²) >= 11 is 0. The molecule has 3 amide bonds. The molecule has 1 spiro atoms. The van der Waals surface area contributed by atoms with Crippen LogP contribution in [0, 0.1) is 22.7 Å². The lowest BCUT2D eigenvalue weighted by Crippen LogP contribution is -2.62. The van der Waals surface area contributed by atoms with E-state index in [4.69, 9.17) is 14.5 Å². The zero-order chi connectivity index (χ0) is 57.3. The van der Waals surface area contributed by atoms with Crippen LogP contribution in [-0.2, 0) is 54.7 Å². The van der Waals surface area contributed by atoms with Crippen molar-refractivity contribution in [1.29, 1.82) is 0 Å². The number of aliphatic imine (C=N–C) groups is 1. The van der Waals surface area contributed by atoms with Gasteiger partial charge in [0, 0.05) is 118 Å². The Hall–Kier alpha value is -5.04. The maximum absolute atomic E-state index is 15.4. The molecule has 0 radical (unpaired) electrons. The van der Waals surface area contributed by atoms with Gasteiger partial charge in [-0.05, 0) is 162 Å². The van der Waals surface area contributed by atoms with Gasteiger partial charge in [0.05, 0.1) is 30.1 Å². The van der Waals surface area contributed by atoms with Gasteiger partial charge in [-0.2, -0.15) is 0 Å². The number of nitrogens with one attached hydrogen (secondary N) is 3. The van der Waals surface area contributed by atoms with Crippen molar-refractivity contribution in [2.45, 2.75) is 192 Å². The number of esters is 1. The zero-order valence-electron chi connectivity index (χ0n) is 50.1. The van der Waals surface area contributed by atoms with Crippen LogP contribution in [0.5, 0.6) is 0 Å². The van der Waals surface area contributed by atoms with E-state index >= 15 is 14.0 Å². The fraction of sp³-hybridized carbons (Fsp3) is 0.682. The van der Waals surface area contributed by atoms with E-state index in [9.17, 15) is 9.59 Å². The topological polar surface area (TPSA) is 166 Å². The van der Waals surface area contributed by atoms with Crippen LogP contribution in [0.15, 0.2) is 47.1 Å². The highest BCUT2D eigenvalue weighted by molar-refractivity contribution is 5.96. The van der Waals surface area contributed by atoms with Gasteiger partial charge >= 0.3 is 5.97 Å². The molecule has 3 aromatic rings. The first-order chi connectivity index (χ1) is 40.2. The van der Waals surface area contributed by atoms with Crippen LogP contribution < -0.4 is 16.1 Å². The normalized spacial score (nSPS) is 30.9. The van der Waals surface area contributed by atoms with Crippen molar-refractivity contribution in [1.82, 2.24) is 45.2 Å². The van der Waals surface area contributed by atoms with Gasteiger partial charge in [0.1, 0.15) is 24.8 Å². The second-order valence-electron chi connectivity index (χ2n) is 27.7. The third kappa shape index (κ3) is 11.5. The fourth-order valence-corrected chi connectivity index (χ4v) is 16.5. The molecular weight excluding hydrogens is 1050 g/mol. The molecule has 16 nitrogen and oxygen atoms in total. The van der Waals surface area contributed by atoms with Crippen molar-refractivity contribution < 1.29 is 33.0 Å². The Kier molecular flexibility index (Phi) is 16.0. The minimum atomic E-state index is -1.02. The number of halogens is 1. The van der Waals surface area contributed by atoms with Gasteiger partial charge in [-0.25, -0.2) is 9.82 Å². The number of ether oxygens (including phenoxy) is 2. The number of carbonyl (C=O) groups excluding carboxylic acids is 4. The van der Waals surface area contributed by atoms with E-state index in [2.05, 4.69) is 98.4 Å². The number of nitrogens with zero attached hydrogens (tertiary/aromatic N) is 7. The van der Waals surface area contributed by atoms with Gasteiger partial charge in [-0.1, -0.05) is 51.3 Å². The first kappa shape index (κ1) is 57.1. The van der Waals surface area contributed by atoms with Crippen LogP contribution in [0.2, 0.25) is 0 Å². The number of hydrogen-bond donors (Lipinski definition) is 3. The van der Waals surface area contributed by atoms with Crippen LogP contribution in [-0.4, -0.2) is 180 Å². The molecule has 2 aliphatic carbocycles. The summed E-state index contributed by atoms with van der Waals surface area (Å²) in [5.74, 6) is 0.0979. The van der Waals surface area contributed by atoms with E-state index in [0.717, 1.165) is 129 Å². The number of piperazine rings is 1. The summed E-state index contributed by atoms with van der Waals surface area (Å²) in [6.45, 7) is 16.4. The number of carbonyl (C=O) groups is 4. The molecule has 1 unspecified atom stereocenters. The number of piperidine rings is 1. The molecule has 448 valence electrons. The lowest BCUT2D eigenvalue weighted by Gasteiger charge is -2.46. The Labute approximate surface area is 490 Å². The number of aryl methyl sites for hydroxylation is 1. The highest BCUT2D eigenvalue weighted by Crippen LogP contribution is 2.46. The van der Waals surface area contributed by atoms with Crippen LogP contribution in [0.3, 0.4) is 0 Å². The Morgan fingerprint density at radius 2 is 1.70 bits per heavy atom. The highest BCUT2D eigenvalue weighted by atomic mass is 19.1. The average Bonchev–Trinajstić information content (AvgIpc) is 3.34. The van der Waals surface area contributed by atoms with Crippen molar-refractivity contribution in [3.63, 3.8) is 0 Å². The largest absolute Gasteiger partial charge is 0.464 e. The lowest BCUT2D eigenvalue weighted by atomic mass is 9.83. The van der Waals surface area contributed by atoms with Gasteiger partial charge in [-0.15, -0.1) is 0 Å². The molecule has 9 heterocycles. The fourth-order valence-electron chi connectivity index (χ4n) is 16.5. The lowest BCUT2D eigenvalue weighted by molar-refractivity contribution is -0.155. The number of hydrogen-bond acceptors (Lipinski definition) is 12. The molecule has 13 rings (SSSR count). The van der Waals surface area contributed by atoms with Crippen LogP contribution in [0.4, 0.5) is 4.39 Å². The first-order valence-corrected chi connectivity index (χ1v) is 32.2. The average molecular weight is 1140 g/mol. The number of rotatable bonds is 12. The second kappa shape index (κ2) is 23.3. The smallest absolute Gasteiger partial charge is 0.324 e. The number of hydrazine groups is 1. The molecule has 9 atom stereocenters. The predicted molar refractivity (Wildman–Crippen MR) is 320 cm³/mol. The molecule has 83 heavy (non-hydrogen) atoms. The summed E-state index contributed by atoms with van der Waals surface area (Å²) in [5.41, 5.74) is 11.2. The molecule has 8 fully saturated rings. The number of alkyl halides is 1. The SMILES string of the molecule is CCn1c(C2=C([C@H](C)OC)N=CC(N3CCN4CCCC[C@@H]4C3)C2)c2c3cc(ccc31)-c1cc(CF)cc(c1)C[C@H](NC(=O)[C@H](C1CCCC1)N1CC[C@]3(CCN(C(=O)[C@@H]4N[C@@H]4C4CC4)C3)C1)C(=O)N1CCC[C@H](N1)C(=O)OCC(C)(C)C2. The third-order valence-electron chi connectivity index (χ3n) is 21.3. The number of fused-ring (bicyclic) bond motifs is 7. The standard InChI is InChI=1S/C66H91FN10O6/c1-6-76-55-19-18-46-32-50(55)52(60(76)51-33-49(36-68-56(51)41(2)82-5)73-27-26-72-22-10-9-14-48(72)37-73)34-65(3,4)40-83-64(81)53-15-11-23-77(71-53)62(79)54(31-42-28-43(35-67)30-47(46)29-42)69-61(78)59(45-12-7-8-13-45)74-24-20-66(38-74)21-25-75(39-66)63(80)58-57(70-58)44-16-17-44/h18-19,28-30,32,36,41,44-45,48-49,53-54,57-59,70-71H,6-17,20-27,31,33-35,37-40H2,1-5H3,(H,69,78)/t41-,48+,49?,53-,54-,57+,58+,59-,66-/m0/s1. The van der Waals surface area contributed by atoms with E-state index in [1.807, 2.05) is 12.1 Å². The molecule has 6 bridgehead atoms. The summed E-state index contributed by atoms with van der Waals surface area (Å²) in [7, 11) is 1.76. The van der Waals surface area contributed by atoms with E-state index in [1.54, 1.807) is 7.11 Å². The summed E-state index contributed by atoms with van der Waals surface area (Å²) in [5, 5.41) is 9.43. The van der Waals surface area contributed by atoms with E-state index in [-0.39, 0.29) is 60.3 Å². The molecule has 10 aliphatic rings. The van der Waals surface area contributed by atoms with Crippen molar-refractivity contribution in [2.75, 3.05) is 72.6 Å². The monoisotopic (exact) mass is 1140 g/mol. The number of cyclic esters (lactones) is 1. The highest BCUT2D eigenvalue weighted by Gasteiger charge is 2.55. The molecule has 8 aliphatic heterocycles. The molecule has 6 saturated heterocycles. The Bertz CT molecular complexity index is 3040. The Balaban J connectivity index is 0.845. The number of methoxy groups -OCH3 is 1. The maximum atomic E-state index is 15.4. The zero-order valence-corrected chi connectivity index (χ0v) is 50.1. The number of aromatic nitrogens is 1. The van der Waals surface area contributed by atoms with E-state index in [0.29, 0.717) is 62.5 Å². The minimum Gasteiger partial charge on any atom is -0.464 e. The maximum Gasteiger partial charge on any atom is 0.324 e. The first-order valence-electron chi connectivity index (χ1n) is 32.2. The van der Waals surface area contributed by atoms with Gasteiger partial charge in [0.2, 0.25) is 11.8 Å². The molecule has 1 aromatic heterocycles. The predicted octanol–water partition coefficient (Wildman–Crippen LogP) is 7.44. The number of amides is 3. The molecule has 17 heteroatoms. The van der Waals surface area contributed by atoms with Crippen LogP contribution in [0.25, 0.3) is 27.6 Å². The summed E-state index contributed by atoms with van der Waals surface area (Å²) < 4.78 is 30.3. The molecule has 2 aromatic carbocycles. The van der Waals surface area contributed by atoms with Gasteiger partial charge in [-0.3, -0.25) is 49.2 Å². The Morgan fingerprint density at radius 1 is 0.892 bits per heavy atom. The van der Waals surface area contributed by atoms with Gasteiger partial charge in [0.25, 0.3) is 5.91 Å². The van der Waals surface area contributed by atoms with Crippen molar-refractivity contribution >= 4 is 46.4 Å². The second-order valence-corrected chi connectivity index (χ2v) is 27.7. The van der Waals surface area contributed by atoms with Gasteiger partial charge < -0.3 is 24.3 Å². The quantitative estimate of drug-likeness (QED) is 0.122. The number of likely N-dealkylation sites (tertiary alicyclic amines) is 2. The van der Waals surface area contributed by atoms with Crippen molar-refractivity contribution in [3.8, 4) is 11.1 Å². The van der Waals surface area contributed by atoms with E-state index < -0.39 is 36.2 Å². The van der Waals surface area contributed by atoms with Crippen molar-refractivity contribution in [3.05, 3.63) is 64.5 Å². The summed E-state index contributed by atoms with van der Waals surface area (Å²) in [6.07, 6.45) is 16.5. The van der Waals surface area contributed by atoms with E-state index in [1.165, 1.54) is 49.2 Å². The van der Waals surface area contributed by atoms with Gasteiger partial charge in [0.15, 0.2) is 0 Å². The van der Waals surface area contributed by atoms with Crippen LogP contribution >= 0.6 is 0 Å². The molecule has 3 N–H and O–H groups in total. The molecule has 2 saturated carbocycles. The Morgan fingerprint density at radius 3 is 2.49 bits per heavy atom. The number of benzene rings is 2. The summed E-state index contributed by atoms with van der Waals surface area (Å²) in [4.78, 5) is 73.9.